The van der Waals surface area contributed by atoms with Crippen LogP contribution in [0.2, 0.25) is 0 Å². The van der Waals surface area contributed by atoms with E-state index in [4.69, 9.17) is 0 Å². The van der Waals surface area contributed by atoms with E-state index in [2.05, 4.69) is 10.3 Å². The maximum absolute atomic E-state index is 13.8. The molecule has 0 saturated carbocycles. The number of nitrogens with zero attached hydrogens (tertiary/aromatic N) is 2. The van der Waals surface area contributed by atoms with Crippen molar-refractivity contribution in [3.8, 4) is 5.69 Å². The summed E-state index contributed by atoms with van der Waals surface area (Å²) in [5.74, 6) is -1.01. The molecular weight excluding hydrogens is 375 g/mol. The van der Waals surface area contributed by atoms with Crippen LogP contribution in [0.4, 0.5) is 10.1 Å². The van der Waals surface area contributed by atoms with Gasteiger partial charge in [-0.15, -0.1) is 0 Å². The molecule has 0 aliphatic heterocycles. The number of benzene rings is 2. The third kappa shape index (κ3) is 3.14. The lowest BCUT2D eigenvalue weighted by atomic mass is 10.2. The summed E-state index contributed by atoms with van der Waals surface area (Å²) in [6, 6.07) is 12.8. The van der Waals surface area contributed by atoms with Crippen LogP contribution >= 0.6 is 0 Å². The number of fused-ring (bicyclic) bond motifs is 1. The van der Waals surface area contributed by atoms with Crippen LogP contribution in [0.15, 0.2) is 64.3 Å². The maximum atomic E-state index is 13.8. The molecule has 0 fully saturated rings. The molecule has 4 aromatic rings. The van der Waals surface area contributed by atoms with Crippen LogP contribution in [0.1, 0.15) is 15.9 Å². The van der Waals surface area contributed by atoms with E-state index >= 15 is 0 Å². The molecule has 0 aliphatic carbocycles. The number of carbonyl (C=O) groups is 1. The minimum absolute atomic E-state index is 0.109. The largest absolute Gasteiger partial charge is 0.344 e. The van der Waals surface area contributed by atoms with Gasteiger partial charge in [0.1, 0.15) is 11.3 Å². The lowest BCUT2D eigenvalue weighted by molar-refractivity contribution is 0.102. The molecule has 0 bridgehead atoms. The van der Waals surface area contributed by atoms with Gasteiger partial charge in [-0.3, -0.25) is 9.59 Å². The Morgan fingerprint density at radius 2 is 1.83 bits per heavy atom. The molecule has 8 heteroatoms. The summed E-state index contributed by atoms with van der Waals surface area (Å²) in [6.45, 7) is 1.62. The van der Waals surface area contributed by atoms with E-state index in [0.29, 0.717) is 11.3 Å². The second-order valence-corrected chi connectivity index (χ2v) is 6.70. The fraction of sp³-hybridized carbons (Fsp3) is 0.0952. The Kier molecular flexibility index (Phi) is 4.38. The van der Waals surface area contributed by atoms with Crippen molar-refractivity contribution >= 4 is 22.6 Å². The first-order valence-electron chi connectivity index (χ1n) is 8.84. The molecule has 0 radical (unpaired) electrons. The topological polar surface area (TPSA) is 88.9 Å². The molecule has 2 heterocycles. The van der Waals surface area contributed by atoms with Gasteiger partial charge in [-0.25, -0.2) is 13.8 Å². The second-order valence-electron chi connectivity index (χ2n) is 6.70. The number of rotatable bonds is 3. The molecule has 7 nitrogen and oxygen atoms in total. The molecule has 1 amide bonds. The number of amides is 1. The van der Waals surface area contributed by atoms with Gasteiger partial charge in [0.05, 0.1) is 16.8 Å². The first kappa shape index (κ1) is 18.4. The Hall–Kier alpha value is -3.94. The SMILES string of the molecule is Cc1ccc(NC(=O)c2cn(C)c3c(=O)n(-c4ccccc4)c(=O)[nH]c23)cc1F. The lowest BCUT2D eigenvalue weighted by Gasteiger charge is -2.07. The number of hydrogen-bond acceptors (Lipinski definition) is 3. The Labute approximate surface area is 164 Å². The molecule has 0 aliphatic rings. The number of aromatic nitrogens is 3. The van der Waals surface area contributed by atoms with Gasteiger partial charge in [-0.05, 0) is 36.8 Å². The molecule has 2 aromatic heterocycles. The van der Waals surface area contributed by atoms with Crippen LogP contribution in [0.3, 0.4) is 0 Å². The standard InChI is InChI=1S/C21H17FN4O3/c1-12-8-9-13(10-16(12)22)23-19(27)15-11-25(2)18-17(15)24-21(29)26(20(18)28)14-6-4-3-5-7-14/h3-11H,1-2H3,(H,23,27)(H,24,29). The smallest absolute Gasteiger partial charge is 0.333 e. The van der Waals surface area contributed by atoms with E-state index in [0.717, 1.165) is 4.57 Å². The monoisotopic (exact) mass is 392 g/mol. The molecule has 2 N–H and O–H groups in total. The highest BCUT2D eigenvalue weighted by atomic mass is 19.1. The highest BCUT2D eigenvalue weighted by Crippen LogP contribution is 2.19. The normalized spacial score (nSPS) is 11.0. The molecule has 146 valence electrons. The number of aromatic amines is 1. The number of hydrogen-bond donors (Lipinski definition) is 2. The summed E-state index contributed by atoms with van der Waals surface area (Å²) < 4.78 is 16.3. The first-order valence-corrected chi connectivity index (χ1v) is 8.84. The zero-order valence-corrected chi connectivity index (χ0v) is 15.7. The minimum Gasteiger partial charge on any atom is -0.344 e. The predicted octanol–water partition coefficient (Wildman–Crippen LogP) is 2.72. The van der Waals surface area contributed by atoms with Crippen molar-refractivity contribution in [2.24, 2.45) is 7.05 Å². The first-order chi connectivity index (χ1) is 13.9. The highest BCUT2D eigenvalue weighted by Gasteiger charge is 2.20. The lowest BCUT2D eigenvalue weighted by Crippen LogP contribution is -2.34. The number of anilines is 1. The van der Waals surface area contributed by atoms with E-state index in [1.54, 1.807) is 56.4 Å². The molecule has 29 heavy (non-hydrogen) atoms. The summed E-state index contributed by atoms with van der Waals surface area (Å²) in [5.41, 5.74) is 0.358. The van der Waals surface area contributed by atoms with Crippen molar-refractivity contribution in [3.63, 3.8) is 0 Å². The van der Waals surface area contributed by atoms with Gasteiger partial charge in [0.2, 0.25) is 0 Å². The van der Waals surface area contributed by atoms with Gasteiger partial charge < -0.3 is 14.9 Å². The van der Waals surface area contributed by atoms with E-state index in [1.807, 2.05) is 0 Å². The summed E-state index contributed by atoms with van der Waals surface area (Å²) >= 11 is 0. The van der Waals surface area contributed by atoms with Gasteiger partial charge in [0, 0.05) is 18.9 Å². The number of H-pyrrole nitrogens is 1. The minimum atomic E-state index is -0.657. The number of nitrogens with one attached hydrogen (secondary N) is 2. The summed E-state index contributed by atoms with van der Waals surface area (Å²) in [4.78, 5) is 40.9. The van der Waals surface area contributed by atoms with E-state index in [1.165, 1.54) is 16.8 Å². The van der Waals surface area contributed by atoms with E-state index in [-0.39, 0.29) is 22.3 Å². The Balaban J connectivity index is 1.83. The van der Waals surface area contributed by atoms with Gasteiger partial charge in [0.15, 0.2) is 0 Å². The van der Waals surface area contributed by atoms with E-state index in [9.17, 15) is 18.8 Å². The number of para-hydroxylation sites is 1. The molecular formula is C21H17FN4O3. The molecule has 0 atom stereocenters. The Morgan fingerprint density at radius 1 is 1.10 bits per heavy atom. The zero-order valence-electron chi connectivity index (χ0n) is 15.7. The van der Waals surface area contributed by atoms with Crippen LogP contribution in [0.5, 0.6) is 0 Å². The van der Waals surface area contributed by atoms with Crippen LogP contribution < -0.4 is 16.6 Å². The van der Waals surface area contributed by atoms with Gasteiger partial charge >= 0.3 is 5.69 Å². The maximum Gasteiger partial charge on any atom is 0.333 e. The highest BCUT2D eigenvalue weighted by molar-refractivity contribution is 6.11. The predicted molar refractivity (Wildman–Crippen MR) is 108 cm³/mol. The van der Waals surface area contributed by atoms with Crippen molar-refractivity contribution in [1.82, 2.24) is 14.1 Å². The molecule has 0 spiro atoms. The van der Waals surface area contributed by atoms with Gasteiger partial charge in [0.25, 0.3) is 11.5 Å². The number of aryl methyl sites for hydroxylation is 2. The van der Waals surface area contributed by atoms with Crippen molar-refractivity contribution in [2.75, 3.05) is 5.32 Å². The number of carbonyl (C=O) groups excluding carboxylic acids is 1. The molecule has 2 aromatic carbocycles. The Bertz CT molecular complexity index is 1370. The fourth-order valence-corrected chi connectivity index (χ4v) is 3.22. The number of halogens is 1. The van der Waals surface area contributed by atoms with Crippen molar-refractivity contribution in [1.29, 1.82) is 0 Å². The van der Waals surface area contributed by atoms with Crippen LogP contribution in [-0.4, -0.2) is 20.0 Å². The summed E-state index contributed by atoms with van der Waals surface area (Å²) in [6.07, 6.45) is 1.46. The zero-order chi connectivity index (χ0) is 20.7. The van der Waals surface area contributed by atoms with Gasteiger partial charge in [-0.2, -0.15) is 0 Å². The van der Waals surface area contributed by atoms with Crippen LogP contribution in [-0.2, 0) is 7.05 Å². The second kappa shape index (κ2) is 6.90. The fourth-order valence-electron chi connectivity index (χ4n) is 3.22. The average molecular weight is 392 g/mol. The third-order valence-electron chi connectivity index (χ3n) is 4.71. The average Bonchev–Trinajstić information content (AvgIpc) is 3.02. The van der Waals surface area contributed by atoms with Gasteiger partial charge in [-0.1, -0.05) is 24.3 Å². The molecule has 4 rings (SSSR count). The van der Waals surface area contributed by atoms with Crippen LogP contribution in [0.25, 0.3) is 16.7 Å². The van der Waals surface area contributed by atoms with Crippen molar-refractivity contribution in [2.45, 2.75) is 6.92 Å². The summed E-state index contributed by atoms with van der Waals surface area (Å²) in [7, 11) is 1.61. The molecule has 0 saturated heterocycles. The van der Waals surface area contributed by atoms with Crippen molar-refractivity contribution < 1.29 is 9.18 Å². The summed E-state index contributed by atoms with van der Waals surface area (Å²) in [5, 5.41) is 2.59. The third-order valence-corrected chi connectivity index (χ3v) is 4.71. The van der Waals surface area contributed by atoms with Crippen LogP contribution in [0, 0.1) is 12.7 Å². The Morgan fingerprint density at radius 3 is 2.52 bits per heavy atom. The molecule has 0 unspecified atom stereocenters. The van der Waals surface area contributed by atoms with Crippen molar-refractivity contribution in [3.05, 3.63) is 92.5 Å². The quantitative estimate of drug-likeness (QED) is 0.562. The van der Waals surface area contributed by atoms with E-state index < -0.39 is 23.0 Å².